The van der Waals surface area contributed by atoms with Crippen LogP contribution < -0.4 is 5.32 Å². The molecule has 1 saturated carbocycles. The summed E-state index contributed by atoms with van der Waals surface area (Å²) in [7, 11) is 0. The van der Waals surface area contributed by atoms with Crippen LogP contribution in [0.4, 0.5) is 14.6 Å². The second kappa shape index (κ2) is 5.66. The van der Waals surface area contributed by atoms with Crippen LogP contribution in [0.5, 0.6) is 0 Å². The summed E-state index contributed by atoms with van der Waals surface area (Å²) >= 11 is 0. The maximum Gasteiger partial charge on any atom is 0.150 e. The van der Waals surface area contributed by atoms with Crippen molar-refractivity contribution in [3.05, 3.63) is 72.3 Å². The first-order valence-electron chi connectivity index (χ1n) is 8.26. The number of halogens is 2. The minimum absolute atomic E-state index is 0.253. The number of rotatable bonds is 4. The summed E-state index contributed by atoms with van der Waals surface area (Å²) in [5.41, 5.74) is 1.91. The average molecular weight is 336 g/mol. The maximum atomic E-state index is 14.0. The predicted molar refractivity (Wildman–Crippen MR) is 97.7 cm³/mol. The molecule has 0 amide bonds. The molecule has 0 saturated heterocycles. The number of nitrogens with zero attached hydrogens (tertiary/aromatic N) is 1. The van der Waals surface area contributed by atoms with Gasteiger partial charge in [-0.05, 0) is 66.1 Å². The van der Waals surface area contributed by atoms with E-state index in [0.717, 1.165) is 27.5 Å². The van der Waals surface area contributed by atoms with Gasteiger partial charge in [-0.2, -0.15) is 0 Å². The van der Waals surface area contributed by atoms with Crippen molar-refractivity contribution < 1.29 is 8.78 Å². The van der Waals surface area contributed by atoms with Gasteiger partial charge in [-0.15, -0.1) is 0 Å². The molecule has 4 rings (SSSR count). The predicted octanol–water partition coefficient (Wildman–Crippen LogP) is 5.78. The normalized spacial score (nSPS) is 15.2. The molecule has 1 aliphatic rings. The summed E-state index contributed by atoms with van der Waals surface area (Å²) in [6.45, 7) is 5.73. The van der Waals surface area contributed by atoms with Gasteiger partial charge in [0.25, 0.3) is 0 Å². The van der Waals surface area contributed by atoms with Crippen LogP contribution >= 0.6 is 0 Å². The van der Waals surface area contributed by atoms with Gasteiger partial charge in [0.2, 0.25) is 0 Å². The lowest BCUT2D eigenvalue weighted by atomic mass is 9.98. The zero-order valence-electron chi connectivity index (χ0n) is 13.9. The zero-order chi connectivity index (χ0) is 17.6. The van der Waals surface area contributed by atoms with E-state index in [2.05, 4.69) is 16.9 Å². The van der Waals surface area contributed by atoms with Crippen molar-refractivity contribution in [2.75, 3.05) is 5.32 Å². The molecule has 1 fully saturated rings. The average Bonchev–Trinajstić information content (AvgIpc) is 3.35. The van der Waals surface area contributed by atoms with Crippen molar-refractivity contribution >= 4 is 16.6 Å². The van der Waals surface area contributed by atoms with Crippen LogP contribution in [0.2, 0.25) is 0 Å². The smallest absolute Gasteiger partial charge is 0.150 e. The molecule has 1 heterocycles. The fraction of sp³-hybridized carbons (Fsp3) is 0.190. The Labute approximate surface area is 145 Å². The first-order valence-corrected chi connectivity index (χ1v) is 8.26. The third-order valence-electron chi connectivity index (χ3n) is 4.74. The van der Waals surface area contributed by atoms with Crippen molar-refractivity contribution in [1.29, 1.82) is 0 Å². The SMILES string of the molecule is C=C(Nc1cc2ccc(-c3cc(F)ccc3C)cc2cn1)C1(F)CC1. The Morgan fingerprint density at radius 3 is 2.68 bits per heavy atom. The van der Waals surface area contributed by atoms with Crippen LogP contribution in [0.15, 0.2) is 60.9 Å². The molecule has 0 spiro atoms. The number of aromatic nitrogens is 1. The van der Waals surface area contributed by atoms with E-state index in [9.17, 15) is 8.78 Å². The highest BCUT2D eigenvalue weighted by Crippen LogP contribution is 2.45. The van der Waals surface area contributed by atoms with Crippen molar-refractivity contribution in [2.24, 2.45) is 0 Å². The maximum absolute atomic E-state index is 14.0. The topological polar surface area (TPSA) is 24.9 Å². The van der Waals surface area contributed by atoms with Gasteiger partial charge in [0.1, 0.15) is 17.3 Å². The lowest BCUT2D eigenvalue weighted by molar-refractivity contribution is 0.363. The van der Waals surface area contributed by atoms with Crippen LogP contribution in [0, 0.1) is 12.7 Å². The third-order valence-corrected chi connectivity index (χ3v) is 4.74. The Balaban J connectivity index is 1.67. The summed E-state index contributed by atoms with van der Waals surface area (Å²) in [5.74, 6) is 0.327. The lowest BCUT2D eigenvalue weighted by Gasteiger charge is -2.13. The number of pyridine rings is 1. The second-order valence-electron chi connectivity index (χ2n) is 6.66. The molecule has 0 atom stereocenters. The van der Waals surface area contributed by atoms with E-state index in [1.807, 2.05) is 31.2 Å². The van der Waals surface area contributed by atoms with Gasteiger partial charge >= 0.3 is 0 Å². The number of alkyl halides is 1. The van der Waals surface area contributed by atoms with Gasteiger partial charge in [0.15, 0.2) is 0 Å². The van der Waals surface area contributed by atoms with E-state index in [-0.39, 0.29) is 5.82 Å². The molecule has 2 aromatic carbocycles. The fourth-order valence-corrected chi connectivity index (χ4v) is 2.96. The van der Waals surface area contributed by atoms with Crippen LogP contribution in [-0.2, 0) is 0 Å². The van der Waals surface area contributed by atoms with Crippen molar-refractivity contribution in [3.63, 3.8) is 0 Å². The molecule has 1 aromatic heterocycles. The summed E-state index contributed by atoms with van der Waals surface area (Å²) in [6, 6.07) is 12.6. The largest absolute Gasteiger partial charge is 0.341 e. The van der Waals surface area contributed by atoms with E-state index < -0.39 is 5.67 Å². The molecule has 1 aliphatic carbocycles. The number of nitrogens with one attached hydrogen (secondary N) is 1. The third kappa shape index (κ3) is 3.00. The number of fused-ring (bicyclic) bond motifs is 1. The quantitative estimate of drug-likeness (QED) is 0.653. The molecule has 126 valence electrons. The summed E-state index contributed by atoms with van der Waals surface area (Å²) in [6.07, 6.45) is 2.77. The van der Waals surface area contributed by atoms with E-state index >= 15 is 0 Å². The Morgan fingerprint density at radius 1 is 1.12 bits per heavy atom. The molecule has 3 aromatic rings. The molecule has 0 aliphatic heterocycles. The monoisotopic (exact) mass is 336 g/mol. The molecule has 4 heteroatoms. The van der Waals surface area contributed by atoms with Crippen LogP contribution in [0.1, 0.15) is 18.4 Å². The Bertz CT molecular complexity index is 990. The molecular formula is C21H18F2N2. The van der Waals surface area contributed by atoms with Crippen molar-refractivity contribution in [2.45, 2.75) is 25.4 Å². The minimum atomic E-state index is -1.28. The lowest BCUT2D eigenvalue weighted by Crippen LogP contribution is -2.12. The zero-order valence-corrected chi connectivity index (χ0v) is 13.9. The van der Waals surface area contributed by atoms with E-state index in [4.69, 9.17) is 0 Å². The number of hydrogen-bond donors (Lipinski definition) is 1. The van der Waals surface area contributed by atoms with E-state index in [1.165, 1.54) is 6.07 Å². The van der Waals surface area contributed by atoms with Gasteiger partial charge in [-0.1, -0.05) is 24.8 Å². The van der Waals surface area contributed by atoms with Crippen LogP contribution in [-0.4, -0.2) is 10.7 Å². The second-order valence-corrected chi connectivity index (χ2v) is 6.66. The number of aryl methyl sites for hydroxylation is 1. The molecule has 1 N–H and O–H groups in total. The Hall–Kier alpha value is -2.75. The summed E-state index contributed by atoms with van der Waals surface area (Å²) in [5, 5.41) is 4.89. The van der Waals surface area contributed by atoms with E-state index in [1.54, 1.807) is 18.3 Å². The minimum Gasteiger partial charge on any atom is -0.341 e. The van der Waals surface area contributed by atoms with Gasteiger partial charge in [-0.25, -0.2) is 13.8 Å². The highest BCUT2D eigenvalue weighted by atomic mass is 19.1. The summed E-state index contributed by atoms with van der Waals surface area (Å²) < 4.78 is 27.5. The number of hydrogen-bond acceptors (Lipinski definition) is 2. The molecule has 0 bridgehead atoms. The highest BCUT2D eigenvalue weighted by molar-refractivity contribution is 5.89. The van der Waals surface area contributed by atoms with Crippen molar-refractivity contribution in [3.8, 4) is 11.1 Å². The summed E-state index contributed by atoms with van der Waals surface area (Å²) in [4.78, 5) is 4.35. The Kier molecular flexibility index (Phi) is 3.57. The standard InChI is InChI=1S/C21H18F2N2/c1-13-3-6-18(22)11-19(13)16-5-4-15-10-20(24-12-17(15)9-16)25-14(2)21(23)7-8-21/h3-6,9-12H,2,7-8H2,1H3,(H,24,25). The first kappa shape index (κ1) is 15.8. The van der Waals surface area contributed by atoms with Gasteiger partial charge in [0, 0.05) is 17.3 Å². The molecular weight excluding hydrogens is 318 g/mol. The van der Waals surface area contributed by atoms with E-state index in [0.29, 0.717) is 24.4 Å². The van der Waals surface area contributed by atoms with Gasteiger partial charge in [-0.3, -0.25) is 0 Å². The number of anilines is 1. The van der Waals surface area contributed by atoms with Crippen LogP contribution in [0.3, 0.4) is 0 Å². The van der Waals surface area contributed by atoms with Crippen molar-refractivity contribution in [1.82, 2.24) is 4.98 Å². The highest BCUT2D eigenvalue weighted by Gasteiger charge is 2.46. The number of benzene rings is 2. The first-order chi connectivity index (χ1) is 11.9. The Morgan fingerprint density at radius 2 is 1.92 bits per heavy atom. The number of allylic oxidation sites excluding steroid dienone is 1. The molecule has 0 radical (unpaired) electrons. The molecule has 0 unspecified atom stereocenters. The molecule has 2 nitrogen and oxygen atoms in total. The van der Waals surface area contributed by atoms with Crippen LogP contribution in [0.25, 0.3) is 21.9 Å². The molecule has 25 heavy (non-hydrogen) atoms. The fourth-order valence-electron chi connectivity index (χ4n) is 2.96. The van der Waals surface area contributed by atoms with Gasteiger partial charge in [0.05, 0.1) is 0 Å². The van der Waals surface area contributed by atoms with Gasteiger partial charge < -0.3 is 5.32 Å².